The van der Waals surface area contributed by atoms with E-state index in [1.807, 2.05) is 0 Å². The van der Waals surface area contributed by atoms with Crippen LogP contribution in [0, 0.1) is 5.82 Å². The fourth-order valence-electron chi connectivity index (χ4n) is 2.52. The van der Waals surface area contributed by atoms with Crippen molar-refractivity contribution in [3.8, 4) is 0 Å². The minimum Gasteiger partial charge on any atom is -0.237 e. The zero-order chi connectivity index (χ0) is 14.7. The maximum Gasteiger partial charge on any atom is 0.140 e. The third kappa shape index (κ3) is 3.74. The molecule has 0 aliphatic heterocycles. The molecule has 0 bridgehead atoms. The van der Waals surface area contributed by atoms with Crippen molar-refractivity contribution in [2.24, 2.45) is 0 Å². The maximum absolute atomic E-state index is 12.9. The number of rotatable bonds is 3. The van der Waals surface area contributed by atoms with Crippen LogP contribution in [0.15, 0.2) is 29.2 Å². The molecule has 21 heavy (non-hydrogen) atoms. The van der Waals surface area contributed by atoms with Gasteiger partial charge in [-0.2, -0.15) is 0 Å². The fraction of sp³-hybridized carbons (Fsp3) is 0.375. The molecule has 0 unspecified atom stereocenters. The first-order chi connectivity index (χ1) is 10.2. The van der Waals surface area contributed by atoms with E-state index in [2.05, 4.69) is 9.97 Å². The summed E-state index contributed by atoms with van der Waals surface area (Å²) in [4.78, 5) is 10.1. The van der Waals surface area contributed by atoms with Crippen LogP contribution >= 0.6 is 23.4 Å². The van der Waals surface area contributed by atoms with Gasteiger partial charge in [0.05, 0.1) is 5.75 Å². The summed E-state index contributed by atoms with van der Waals surface area (Å²) in [6.07, 6.45) is 5.54. The predicted octanol–water partition coefficient (Wildman–Crippen LogP) is 4.83. The minimum absolute atomic E-state index is 0.219. The second-order valence-corrected chi connectivity index (χ2v) is 6.57. The van der Waals surface area contributed by atoms with Crippen molar-refractivity contribution in [1.82, 2.24) is 9.97 Å². The SMILES string of the molecule is Fc1ccc(SCc2nc(Cl)c3c(n2)CCCCC3)cc1. The van der Waals surface area contributed by atoms with Crippen LogP contribution in [0.25, 0.3) is 0 Å². The molecule has 1 aliphatic rings. The molecule has 2 aromatic rings. The molecule has 3 rings (SSSR count). The highest BCUT2D eigenvalue weighted by molar-refractivity contribution is 7.98. The zero-order valence-corrected chi connectivity index (χ0v) is 13.2. The Morgan fingerprint density at radius 3 is 2.62 bits per heavy atom. The summed E-state index contributed by atoms with van der Waals surface area (Å²) in [6, 6.07) is 6.47. The second-order valence-electron chi connectivity index (χ2n) is 5.16. The van der Waals surface area contributed by atoms with Gasteiger partial charge in [-0.05, 0) is 49.9 Å². The molecular formula is C16H16ClFN2S. The molecule has 0 radical (unpaired) electrons. The second kappa shape index (κ2) is 6.75. The topological polar surface area (TPSA) is 25.8 Å². The van der Waals surface area contributed by atoms with Gasteiger partial charge in [-0.15, -0.1) is 11.8 Å². The first-order valence-electron chi connectivity index (χ1n) is 7.15. The Bertz CT molecular complexity index is 631. The normalized spacial score (nSPS) is 14.6. The molecule has 1 aromatic carbocycles. The van der Waals surface area contributed by atoms with E-state index in [-0.39, 0.29) is 5.82 Å². The molecule has 0 N–H and O–H groups in total. The van der Waals surface area contributed by atoms with E-state index < -0.39 is 0 Å². The highest BCUT2D eigenvalue weighted by Gasteiger charge is 2.15. The molecule has 0 fully saturated rings. The summed E-state index contributed by atoms with van der Waals surface area (Å²) in [6.45, 7) is 0. The Morgan fingerprint density at radius 2 is 1.81 bits per heavy atom. The average molecular weight is 323 g/mol. The highest BCUT2D eigenvalue weighted by atomic mass is 35.5. The third-order valence-corrected chi connectivity index (χ3v) is 4.93. The lowest BCUT2D eigenvalue weighted by atomic mass is 10.1. The van der Waals surface area contributed by atoms with Gasteiger partial charge in [0, 0.05) is 16.2 Å². The average Bonchev–Trinajstić information content (AvgIpc) is 2.72. The Labute approximate surface area is 133 Å². The van der Waals surface area contributed by atoms with Crippen molar-refractivity contribution in [2.75, 3.05) is 0 Å². The summed E-state index contributed by atoms with van der Waals surface area (Å²) in [5.41, 5.74) is 2.24. The summed E-state index contributed by atoms with van der Waals surface area (Å²) < 4.78 is 12.9. The zero-order valence-electron chi connectivity index (χ0n) is 11.6. The number of aromatic nitrogens is 2. The molecule has 1 aromatic heterocycles. The number of hydrogen-bond acceptors (Lipinski definition) is 3. The van der Waals surface area contributed by atoms with Crippen molar-refractivity contribution >= 4 is 23.4 Å². The Balaban J connectivity index is 1.75. The Hall–Kier alpha value is -1.13. The number of fused-ring (bicyclic) bond motifs is 1. The molecule has 0 amide bonds. The molecule has 110 valence electrons. The van der Waals surface area contributed by atoms with Crippen LogP contribution in [0.3, 0.4) is 0 Å². The number of benzene rings is 1. The smallest absolute Gasteiger partial charge is 0.140 e. The van der Waals surface area contributed by atoms with Gasteiger partial charge in [-0.25, -0.2) is 14.4 Å². The molecule has 0 saturated carbocycles. The first-order valence-corrected chi connectivity index (χ1v) is 8.51. The standard InChI is InChI=1S/C16H16ClFN2S/c17-16-13-4-2-1-3-5-14(13)19-15(20-16)10-21-12-8-6-11(18)7-9-12/h6-9H,1-5,10H2. The van der Waals surface area contributed by atoms with E-state index in [4.69, 9.17) is 11.6 Å². The molecule has 0 saturated heterocycles. The van der Waals surface area contributed by atoms with Gasteiger partial charge < -0.3 is 0 Å². The van der Waals surface area contributed by atoms with Gasteiger partial charge in [-0.3, -0.25) is 0 Å². The molecular weight excluding hydrogens is 307 g/mol. The van der Waals surface area contributed by atoms with Crippen molar-refractivity contribution in [3.05, 3.63) is 52.3 Å². The molecule has 5 heteroatoms. The van der Waals surface area contributed by atoms with Crippen LogP contribution in [0.2, 0.25) is 5.15 Å². The highest BCUT2D eigenvalue weighted by Crippen LogP contribution is 2.27. The van der Waals surface area contributed by atoms with Crippen LogP contribution in [0.1, 0.15) is 36.3 Å². The first kappa shape index (κ1) is 14.8. The van der Waals surface area contributed by atoms with Gasteiger partial charge in [-0.1, -0.05) is 18.0 Å². The molecule has 1 aliphatic carbocycles. The quantitative estimate of drug-likeness (QED) is 0.460. The van der Waals surface area contributed by atoms with Crippen LogP contribution in [-0.2, 0) is 18.6 Å². The number of thioether (sulfide) groups is 1. The lowest BCUT2D eigenvalue weighted by Gasteiger charge is -2.09. The van der Waals surface area contributed by atoms with Crippen LogP contribution in [0.4, 0.5) is 4.39 Å². The van der Waals surface area contributed by atoms with Gasteiger partial charge in [0.2, 0.25) is 0 Å². The van der Waals surface area contributed by atoms with Gasteiger partial charge in [0.15, 0.2) is 0 Å². The molecule has 1 heterocycles. The van der Waals surface area contributed by atoms with Gasteiger partial charge >= 0.3 is 0 Å². The van der Waals surface area contributed by atoms with E-state index in [1.54, 1.807) is 23.9 Å². The maximum atomic E-state index is 12.9. The monoisotopic (exact) mass is 322 g/mol. The van der Waals surface area contributed by atoms with E-state index in [0.29, 0.717) is 10.9 Å². The minimum atomic E-state index is -0.219. The van der Waals surface area contributed by atoms with Gasteiger partial charge in [0.25, 0.3) is 0 Å². The van der Waals surface area contributed by atoms with Crippen molar-refractivity contribution in [2.45, 2.75) is 42.8 Å². The molecule has 0 spiro atoms. The van der Waals surface area contributed by atoms with Crippen LogP contribution in [0.5, 0.6) is 0 Å². The van der Waals surface area contributed by atoms with E-state index in [0.717, 1.165) is 34.8 Å². The van der Waals surface area contributed by atoms with Crippen LogP contribution < -0.4 is 0 Å². The number of nitrogens with zero attached hydrogens (tertiary/aromatic N) is 2. The number of aryl methyl sites for hydroxylation is 1. The number of hydrogen-bond donors (Lipinski definition) is 0. The lowest BCUT2D eigenvalue weighted by Crippen LogP contribution is -2.04. The predicted molar refractivity (Wildman–Crippen MR) is 84.3 cm³/mol. The number of halogens is 2. The lowest BCUT2D eigenvalue weighted by molar-refractivity contribution is 0.626. The van der Waals surface area contributed by atoms with E-state index in [9.17, 15) is 4.39 Å². The largest absolute Gasteiger partial charge is 0.237 e. The fourth-order valence-corrected chi connectivity index (χ4v) is 3.57. The van der Waals surface area contributed by atoms with Crippen molar-refractivity contribution in [3.63, 3.8) is 0 Å². The van der Waals surface area contributed by atoms with Gasteiger partial charge in [0.1, 0.15) is 16.8 Å². The van der Waals surface area contributed by atoms with E-state index in [1.165, 1.54) is 31.4 Å². The van der Waals surface area contributed by atoms with E-state index >= 15 is 0 Å². The summed E-state index contributed by atoms with van der Waals surface area (Å²) in [5.74, 6) is 1.19. The van der Waals surface area contributed by atoms with Crippen molar-refractivity contribution in [1.29, 1.82) is 0 Å². The summed E-state index contributed by atoms with van der Waals surface area (Å²) in [7, 11) is 0. The Kier molecular flexibility index (Phi) is 4.76. The summed E-state index contributed by atoms with van der Waals surface area (Å²) >= 11 is 7.91. The Morgan fingerprint density at radius 1 is 1.05 bits per heavy atom. The molecule has 0 atom stereocenters. The third-order valence-electron chi connectivity index (χ3n) is 3.61. The summed E-state index contributed by atoms with van der Waals surface area (Å²) in [5, 5.41) is 0.608. The van der Waals surface area contributed by atoms with Crippen molar-refractivity contribution < 1.29 is 4.39 Å². The van der Waals surface area contributed by atoms with Crippen LogP contribution in [-0.4, -0.2) is 9.97 Å². The molecule has 2 nitrogen and oxygen atoms in total.